The van der Waals surface area contributed by atoms with E-state index >= 15 is 0 Å². The summed E-state index contributed by atoms with van der Waals surface area (Å²) in [7, 11) is 0. The van der Waals surface area contributed by atoms with Crippen LogP contribution in [0.5, 0.6) is 0 Å². The summed E-state index contributed by atoms with van der Waals surface area (Å²) in [4.78, 5) is 0. The molecule has 0 aliphatic heterocycles. The summed E-state index contributed by atoms with van der Waals surface area (Å²) >= 11 is 0. The fourth-order valence-corrected chi connectivity index (χ4v) is 5.80. The third-order valence-corrected chi connectivity index (χ3v) is 8.36. The van der Waals surface area contributed by atoms with Gasteiger partial charge in [-0.3, -0.25) is 0 Å². The van der Waals surface area contributed by atoms with Crippen molar-refractivity contribution in [1.82, 2.24) is 0 Å². The van der Waals surface area contributed by atoms with Gasteiger partial charge in [0.25, 0.3) is 0 Å². The van der Waals surface area contributed by atoms with E-state index in [2.05, 4.69) is 19.1 Å². The normalized spacial score (nSPS) is 11.6. The molecule has 0 spiro atoms. The van der Waals surface area contributed by atoms with E-state index in [0.29, 0.717) is 6.61 Å². The average molecular weight is 541 g/mol. The number of benzene rings is 1. The molecule has 224 valence electrons. The number of hydrogen-bond acceptors (Lipinski definition) is 2. The van der Waals surface area contributed by atoms with Gasteiger partial charge in [0.15, 0.2) is 0 Å². The Morgan fingerprint density at radius 3 is 1.28 bits per heavy atom. The van der Waals surface area contributed by atoms with Crippen molar-refractivity contribution in [3.8, 4) is 0 Å². The highest BCUT2D eigenvalue weighted by Gasteiger charge is 2.03. The maximum absolute atomic E-state index is 5.81. The van der Waals surface area contributed by atoms with Crippen LogP contribution >= 0.6 is 0 Å². The Kier molecular flexibility index (Phi) is 22.3. The molecule has 0 radical (unpaired) electrons. The summed E-state index contributed by atoms with van der Waals surface area (Å²) in [6.07, 6.45) is 37.3. The molecule has 0 saturated carbocycles. The molecule has 2 nitrogen and oxygen atoms in total. The first kappa shape index (κ1) is 33.9. The highest BCUT2D eigenvalue weighted by Crippen LogP contribution is 2.20. The van der Waals surface area contributed by atoms with Crippen molar-refractivity contribution >= 4 is 11.0 Å². The van der Waals surface area contributed by atoms with Crippen LogP contribution in [0.4, 0.5) is 0 Å². The molecule has 0 atom stereocenters. The van der Waals surface area contributed by atoms with Gasteiger partial charge in [-0.05, 0) is 18.6 Å². The second-order valence-corrected chi connectivity index (χ2v) is 12.1. The van der Waals surface area contributed by atoms with Gasteiger partial charge in [-0.1, -0.05) is 186 Å². The van der Waals surface area contributed by atoms with E-state index in [-0.39, 0.29) is 0 Å². The number of ether oxygens (including phenoxy) is 1. The molecule has 2 heteroatoms. The highest BCUT2D eigenvalue weighted by molar-refractivity contribution is 5.77. The van der Waals surface area contributed by atoms with E-state index in [9.17, 15) is 0 Å². The fraction of sp³-hybridized carbons (Fsp3) is 0.784. The fourth-order valence-electron chi connectivity index (χ4n) is 5.80. The van der Waals surface area contributed by atoms with Crippen molar-refractivity contribution in [2.45, 2.75) is 180 Å². The summed E-state index contributed by atoms with van der Waals surface area (Å²) < 4.78 is 11.6. The van der Waals surface area contributed by atoms with Crippen molar-refractivity contribution < 1.29 is 9.15 Å². The molecule has 0 aliphatic carbocycles. The molecule has 0 unspecified atom stereocenters. The average Bonchev–Trinajstić information content (AvgIpc) is 3.37. The van der Waals surface area contributed by atoms with Gasteiger partial charge in [0, 0.05) is 12.0 Å². The van der Waals surface area contributed by atoms with Crippen LogP contribution < -0.4 is 0 Å². The minimum atomic E-state index is 0.591. The summed E-state index contributed by atoms with van der Waals surface area (Å²) in [6.45, 7) is 3.74. The third-order valence-electron chi connectivity index (χ3n) is 8.36. The first-order valence-corrected chi connectivity index (χ1v) is 17.5. The maximum Gasteiger partial charge on any atom is 0.134 e. The Morgan fingerprint density at radius 1 is 0.487 bits per heavy atom. The van der Waals surface area contributed by atoms with Gasteiger partial charge in [0.2, 0.25) is 0 Å². The second-order valence-electron chi connectivity index (χ2n) is 12.1. The smallest absolute Gasteiger partial charge is 0.134 e. The van der Waals surface area contributed by atoms with Crippen LogP contribution in [-0.2, 0) is 11.3 Å². The van der Waals surface area contributed by atoms with Crippen molar-refractivity contribution in [2.24, 2.45) is 0 Å². The highest BCUT2D eigenvalue weighted by atomic mass is 16.5. The van der Waals surface area contributed by atoms with Gasteiger partial charge in [-0.15, -0.1) is 0 Å². The molecule has 0 N–H and O–H groups in total. The lowest BCUT2D eigenvalue weighted by atomic mass is 10.0. The zero-order valence-electron chi connectivity index (χ0n) is 26.0. The number of furan rings is 1. The molecule has 0 bridgehead atoms. The Labute approximate surface area is 243 Å². The zero-order valence-corrected chi connectivity index (χ0v) is 26.0. The van der Waals surface area contributed by atoms with E-state index in [4.69, 9.17) is 9.15 Å². The van der Waals surface area contributed by atoms with Gasteiger partial charge in [0.05, 0.1) is 0 Å². The van der Waals surface area contributed by atoms with Crippen LogP contribution in [0.3, 0.4) is 0 Å². The lowest BCUT2D eigenvalue weighted by Gasteiger charge is -2.05. The third kappa shape index (κ3) is 19.4. The molecule has 2 aromatic rings. The SMILES string of the molecule is CCCCCCCCCCCCCCCCCCCCCCCCCCCCOCc1cc2ccccc2o1. The Balaban J connectivity index is 1.18. The van der Waals surface area contributed by atoms with Gasteiger partial charge < -0.3 is 9.15 Å². The van der Waals surface area contributed by atoms with E-state index < -0.39 is 0 Å². The molecule has 0 aliphatic rings. The quantitative estimate of drug-likeness (QED) is 0.0957. The van der Waals surface area contributed by atoms with E-state index in [1.165, 1.54) is 167 Å². The lowest BCUT2D eigenvalue weighted by molar-refractivity contribution is 0.103. The molecule has 0 amide bonds. The van der Waals surface area contributed by atoms with Crippen molar-refractivity contribution in [3.63, 3.8) is 0 Å². The van der Waals surface area contributed by atoms with Crippen LogP contribution in [0.15, 0.2) is 34.7 Å². The monoisotopic (exact) mass is 540 g/mol. The molecule has 2 rings (SSSR count). The Morgan fingerprint density at radius 2 is 0.872 bits per heavy atom. The summed E-state index contributed by atoms with van der Waals surface area (Å²) in [5.41, 5.74) is 0.955. The Bertz CT molecular complexity index is 731. The predicted octanol–water partition coefficient (Wildman–Crippen LogP) is 13.1. The molecule has 0 fully saturated rings. The van der Waals surface area contributed by atoms with Crippen LogP contribution in [-0.4, -0.2) is 6.61 Å². The molecule has 1 heterocycles. The first-order chi connectivity index (χ1) is 19.4. The van der Waals surface area contributed by atoms with Crippen LogP contribution in [0.2, 0.25) is 0 Å². The summed E-state index contributed by atoms with van der Waals surface area (Å²) in [5.74, 6) is 0.936. The number of fused-ring (bicyclic) bond motifs is 1. The summed E-state index contributed by atoms with van der Waals surface area (Å²) in [5, 5.41) is 1.16. The van der Waals surface area contributed by atoms with Crippen LogP contribution in [0, 0.1) is 0 Å². The standard InChI is InChI=1S/C37H64O2/c1-2-3-4-5-6-7-8-9-10-11-12-13-14-15-16-17-18-19-20-21-22-23-24-25-26-29-32-38-34-36-33-35-30-27-28-31-37(35)39-36/h27-28,30-31,33H,2-26,29,32,34H2,1H3. The minimum Gasteiger partial charge on any atom is -0.459 e. The van der Waals surface area contributed by atoms with Crippen molar-refractivity contribution in [3.05, 3.63) is 36.1 Å². The van der Waals surface area contributed by atoms with Gasteiger partial charge in [-0.25, -0.2) is 0 Å². The van der Waals surface area contributed by atoms with Crippen LogP contribution in [0.25, 0.3) is 11.0 Å². The van der Waals surface area contributed by atoms with E-state index in [1.54, 1.807) is 0 Å². The van der Waals surface area contributed by atoms with Crippen LogP contribution in [0.1, 0.15) is 180 Å². The number of unbranched alkanes of at least 4 members (excludes halogenated alkanes) is 25. The topological polar surface area (TPSA) is 22.4 Å². The van der Waals surface area contributed by atoms with Crippen molar-refractivity contribution in [2.75, 3.05) is 6.61 Å². The number of para-hydroxylation sites is 1. The first-order valence-electron chi connectivity index (χ1n) is 17.5. The largest absolute Gasteiger partial charge is 0.459 e. The maximum atomic E-state index is 5.81. The lowest BCUT2D eigenvalue weighted by Crippen LogP contribution is -1.94. The van der Waals surface area contributed by atoms with E-state index in [1.807, 2.05) is 18.2 Å². The molecule has 0 saturated heterocycles. The molecule has 39 heavy (non-hydrogen) atoms. The predicted molar refractivity (Wildman–Crippen MR) is 172 cm³/mol. The second kappa shape index (κ2) is 25.7. The molecular weight excluding hydrogens is 476 g/mol. The van der Waals surface area contributed by atoms with E-state index in [0.717, 1.165) is 23.3 Å². The zero-order chi connectivity index (χ0) is 27.5. The van der Waals surface area contributed by atoms with Gasteiger partial charge >= 0.3 is 0 Å². The van der Waals surface area contributed by atoms with Gasteiger partial charge in [0.1, 0.15) is 18.0 Å². The number of rotatable bonds is 29. The molecule has 1 aromatic carbocycles. The minimum absolute atomic E-state index is 0.591. The number of hydrogen-bond donors (Lipinski definition) is 0. The molecular formula is C37H64O2. The summed E-state index contributed by atoms with van der Waals surface area (Å²) in [6, 6.07) is 10.3. The molecule has 1 aromatic heterocycles. The van der Waals surface area contributed by atoms with Gasteiger partial charge in [-0.2, -0.15) is 0 Å². The Hall–Kier alpha value is -1.28. The van der Waals surface area contributed by atoms with Crippen molar-refractivity contribution in [1.29, 1.82) is 0 Å².